The summed E-state index contributed by atoms with van der Waals surface area (Å²) in [5, 5.41) is 4.45. The van der Waals surface area contributed by atoms with Crippen LogP contribution in [0.1, 0.15) is 51.1 Å². The van der Waals surface area contributed by atoms with E-state index in [-0.39, 0.29) is 0 Å². The lowest BCUT2D eigenvalue weighted by atomic mass is 10.1. The number of halogens is 1. The van der Waals surface area contributed by atoms with Gasteiger partial charge in [0.25, 0.3) is 0 Å². The third kappa shape index (κ3) is 4.47. The van der Waals surface area contributed by atoms with Crippen LogP contribution in [0.4, 0.5) is 0 Å². The van der Waals surface area contributed by atoms with Crippen molar-refractivity contribution >= 4 is 11.6 Å². The summed E-state index contributed by atoms with van der Waals surface area (Å²) in [5.41, 5.74) is 1.33. The van der Waals surface area contributed by atoms with Gasteiger partial charge in [0.2, 0.25) is 0 Å². The number of hydrogen-bond acceptors (Lipinski definition) is 2. The Morgan fingerprint density at radius 2 is 2.30 bits per heavy atom. The Kier molecular flexibility index (Phi) is 6.34. The maximum Gasteiger partial charge on any atom is 0.0409 e. The van der Waals surface area contributed by atoms with Crippen molar-refractivity contribution in [2.75, 3.05) is 19.6 Å². The second-order valence-corrected chi connectivity index (χ2v) is 6.31. The van der Waals surface area contributed by atoms with Gasteiger partial charge in [0.15, 0.2) is 0 Å². The van der Waals surface area contributed by atoms with Gasteiger partial charge in [0.05, 0.1) is 0 Å². The highest BCUT2D eigenvalue weighted by Gasteiger charge is 2.22. The quantitative estimate of drug-likeness (QED) is 0.808. The third-order valence-corrected chi connectivity index (χ3v) is 4.53. The normalized spacial score (nSPS) is 20.5. The molecule has 0 spiro atoms. The predicted molar refractivity (Wildman–Crippen MR) is 87.4 cm³/mol. The summed E-state index contributed by atoms with van der Waals surface area (Å²) < 4.78 is 0. The highest BCUT2D eigenvalue weighted by atomic mass is 35.5. The average Bonchev–Trinajstić information content (AvgIpc) is 2.95. The van der Waals surface area contributed by atoms with Crippen LogP contribution < -0.4 is 5.32 Å². The van der Waals surface area contributed by atoms with Gasteiger partial charge in [0.1, 0.15) is 0 Å². The molecule has 2 unspecified atom stereocenters. The molecule has 2 nitrogen and oxygen atoms in total. The number of hydrogen-bond donors (Lipinski definition) is 1. The number of rotatable bonds is 7. The summed E-state index contributed by atoms with van der Waals surface area (Å²) in [6.07, 6.45) is 5.14. The summed E-state index contributed by atoms with van der Waals surface area (Å²) in [7, 11) is 0. The number of nitrogens with zero attached hydrogens (tertiary/aromatic N) is 1. The lowest BCUT2D eigenvalue weighted by molar-refractivity contribution is 0.189. The van der Waals surface area contributed by atoms with Crippen LogP contribution in [0.25, 0.3) is 0 Å². The van der Waals surface area contributed by atoms with Gasteiger partial charge < -0.3 is 5.32 Å². The van der Waals surface area contributed by atoms with E-state index in [1.165, 1.54) is 44.3 Å². The van der Waals surface area contributed by atoms with E-state index in [1.54, 1.807) is 0 Å². The van der Waals surface area contributed by atoms with Crippen molar-refractivity contribution in [2.45, 2.75) is 51.6 Å². The molecule has 1 saturated heterocycles. The summed E-state index contributed by atoms with van der Waals surface area (Å²) >= 11 is 6.14. The summed E-state index contributed by atoms with van der Waals surface area (Å²) in [5.74, 6) is 0. The maximum atomic E-state index is 6.14. The van der Waals surface area contributed by atoms with Crippen LogP contribution in [0.5, 0.6) is 0 Å². The van der Waals surface area contributed by atoms with E-state index in [4.69, 9.17) is 11.6 Å². The number of unbranched alkanes of at least 4 members (excludes halogenated alkanes) is 1. The van der Waals surface area contributed by atoms with E-state index in [2.05, 4.69) is 42.3 Å². The monoisotopic (exact) mass is 294 g/mol. The van der Waals surface area contributed by atoms with Gasteiger partial charge in [-0.15, -0.1) is 0 Å². The van der Waals surface area contributed by atoms with Gasteiger partial charge in [-0.3, -0.25) is 4.90 Å². The Bertz CT molecular complexity index is 402. The first-order valence-electron chi connectivity index (χ1n) is 7.93. The molecular formula is C17H27ClN2. The topological polar surface area (TPSA) is 15.3 Å². The largest absolute Gasteiger partial charge is 0.313 e. The maximum absolute atomic E-state index is 6.14. The standard InChI is InChI=1S/C17H27ClN2/c1-3-4-11-20(13-17-9-6-10-19-17)14(2)15-7-5-8-16(18)12-15/h5,7-8,12,14,17,19H,3-4,6,9-11,13H2,1-2H3. The highest BCUT2D eigenvalue weighted by molar-refractivity contribution is 6.30. The zero-order valence-electron chi connectivity index (χ0n) is 12.7. The van der Waals surface area contributed by atoms with Crippen molar-refractivity contribution < 1.29 is 0 Å². The molecule has 1 N–H and O–H groups in total. The first kappa shape index (κ1) is 15.8. The van der Waals surface area contributed by atoms with Crippen LogP contribution in [0.15, 0.2) is 24.3 Å². The number of benzene rings is 1. The van der Waals surface area contributed by atoms with Crippen molar-refractivity contribution in [3.63, 3.8) is 0 Å². The van der Waals surface area contributed by atoms with E-state index in [0.717, 1.165) is 11.6 Å². The second kappa shape index (κ2) is 8.02. The molecule has 1 aromatic carbocycles. The fourth-order valence-corrected chi connectivity index (χ4v) is 3.18. The molecule has 0 amide bonds. The molecule has 3 heteroatoms. The van der Waals surface area contributed by atoms with Gasteiger partial charge in [-0.2, -0.15) is 0 Å². The molecule has 0 bridgehead atoms. The lowest BCUT2D eigenvalue weighted by Crippen LogP contribution is -2.39. The smallest absolute Gasteiger partial charge is 0.0409 e. The summed E-state index contributed by atoms with van der Waals surface area (Å²) in [6.45, 7) is 8.06. The van der Waals surface area contributed by atoms with Crippen LogP contribution in [-0.2, 0) is 0 Å². The molecule has 0 aromatic heterocycles. The zero-order chi connectivity index (χ0) is 14.4. The van der Waals surface area contributed by atoms with Crippen LogP contribution >= 0.6 is 11.6 Å². The molecule has 112 valence electrons. The van der Waals surface area contributed by atoms with Crippen LogP contribution in [0.3, 0.4) is 0 Å². The fraction of sp³-hybridized carbons (Fsp3) is 0.647. The summed E-state index contributed by atoms with van der Waals surface area (Å²) in [4.78, 5) is 2.61. The molecule has 1 aromatic rings. The average molecular weight is 295 g/mol. The first-order valence-corrected chi connectivity index (χ1v) is 8.31. The van der Waals surface area contributed by atoms with Gasteiger partial charge in [0, 0.05) is 23.7 Å². The predicted octanol–water partition coefficient (Wildman–Crippen LogP) is 4.26. The Hall–Kier alpha value is -0.570. The molecule has 2 atom stereocenters. The van der Waals surface area contributed by atoms with Crippen molar-refractivity contribution in [2.24, 2.45) is 0 Å². The van der Waals surface area contributed by atoms with E-state index in [9.17, 15) is 0 Å². The molecule has 1 aliphatic rings. The van der Waals surface area contributed by atoms with Crippen LogP contribution in [0, 0.1) is 0 Å². The zero-order valence-corrected chi connectivity index (χ0v) is 13.5. The molecule has 0 aliphatic carbocycles. The molecule has 0 saturated carbocycles. The van der Waals surface area contributed by atoms with Gasteiger partial charge >= 0.3 is 0 Å². The third-order valence-electron chi connectivity index (χ3n) is 4.29. The van der Waals surface area contributed by atoms with Crippen molar-refractivity contribution in [1.82, 2.24) is 10.2 Å². The molecule has 20 heavy (non-hydrogen) atoms. The fourth-order valence-electron chi connectivity index (χ4n) is 2.98. The van der Waals surface area contributed by atoms with E-state index < -0.39 is 0 Å². The number of nitrogens with one attached hydrogen (secondary N) is 1. The van der Waals surface area contributed by atoms with Crippen LogP contribution in [-0.4, -0.2) is 30.6 Å². The Morgan fingerprint density at radius 1 is 1.45 bits per heavy atom. The minimum Gasteiger partial charge on any atom is -0.313 e. The first-order chi connectivity index (χ1) is 9.70. The van der Waals surface area contributed by atoms with Gasteiger partial charge in [-0.1, -0.05) is 37.1 Å². The van der Waals surface area contributed by atoms with Crippen molar-refractivity contribution in [3.05, 3.63) is 34.9 Å². The molecule has 0 radical (unpaired) electrons. The Labute approximate surface area is 128 Å². The highest BCUT2D eigenvalue weighted by Crippen LogP contribution is 2.24. The van der Waals surface area contributed by atoms with Crippen molar-refractivity contribution in [1.29, 1.82) is 0 Å². The minimum atomic E-state index is 0.433. The Balaban J connectivity index is 2.03. The summed E-state index contributed by atoms with van der Waals surface area (Å²) in [6, 6.07) is 9.40. The molecule has 1 heterocycles. The molecule has 1 aliphatic heterocycles. The molecule has 2 rings (SSSR count). The molecule has 1 fully saturated rings. The van der Waals surface area contributed by atoms with Crippen LogP contribution in [0.2, 0.25) is 5.02 Å². The van der Waals surface area contributed by atoms with Crippen molar-refractivity contribution in [3.8, 4) is 0 Å². The SMILES string of the molecule is CCCCN(CC1CCCN1)C(C)c1cccc(Cl)c1. The van der Waals surface area contributed by atoms with E-state index >= 15 is 0 Å². The minimum absolute atomic E-state index is 0.433. The van der Waals surface area contributed by atoms with E-state index in [1.807, 2.05) is 6.07 Å². The Morgan fingerprint density at radius 3 is 2.95 bits per heavy atom. The van der Waals surface area contributed by atoms with E-state index in [0.29, 0.717) is 12.1 Å². The lowest BCUT2D eigenvalue weighted by Gasteiger charge is -2.32. The van der Waals surface area contributed by atoms with Gasteiger partial charge in [-0.25, -0.2) is 0 Å². The van der Waals surface area contributed by atoms with Gasteiger partial charge in [-0.05, 0) is 57.0 Å². The second-order valence-electron chi connectivity index (χ2n) is 5.87. The molecular weight excluding hydrogens is 268 g/mol.